The van der Waals surface area contributed by atoms with Crippen LogP contribution in [0.2, 0.25) is 0 Å². The van der Waals surface area contributed by atoms with Crippen molar-refractivity contribution in [2.75, 3.05) is 0 Å². The number of aliphatic hydroxyl groups is 1. The van der Waals surface area contributed by atoms with E-state index in [2.05, 4.69) is 0 Å². The van der Waals surface area contributed by atoms with Crippen LogP contribution in [0.25, 0.3) is 0 Å². The fourth-order valence-corrected chi connectivity index (χ4v) is 0.554. The number of aliphatic carboxylic acids is 1. The predicted molar refractivity (Wildman–Crippen MR) is 35.5 cm³/mol. The normalized spacial score (nSPS) is 65.7. The van der Waals surface area contributed by atoms with Crippen LogP contribution in [-0.2, 0) is 4.79 Å². The third kappa shape index (κ3) is 1.36. The summed E-state index contributed by atoms with van der Waals surface area (Å²) in [6.45, 7) is 0. The van der Waals surface area contributed by atoms with Gasteiger partial charge in [-0.3, -0.25) is 4.79 Å². The van der Waals surface area contributed by atoms with Gasteiger partial charge in [-0.15, -0.1) is 0 Å². The van der Waals surface area contributed by atoms with Gasteiger partial charge in [0.25, 0.3) is 0 Å². The lowest BCUT2D eigenvalue weighted by atomic mass is 9.93. The van der Waals surface area contributed by atoms with Gasteiger partial charge in [0.05, 0.1) is 7.45 Å². The van der Waals surface area contributed by atoms with Crippen molar-refractivity contribution in [3.8, 4) is 0 Å². The van der Waals surface area contributed by atoms with Crippen LogP contribution in [0.3, 0.4) is 0 Å². The Balaban J connectivity index is 3.49. The summed E-state index contributed by atoms with van der Waals surface area (Å²) < 4.78 is 43.8. The molecule has 2 atom stereocenters. The number of carbonyl (C=O) groups is 1. The van der Waals surface area contributed by atoms with Crippen LogP contribution >= 0.6 is 0 Å². The number of rotatable bonds is 1. The zero-order valence-corrected chi connectivity index (χ0v) is 4.96. The van der Waals surface area contributed by atoms with Gasteiger partial charge in [-0.2, -0.15) is 0 Å². The summed E-state index contributed by atoms with van der Waals surface area (Å²) >= 11 is 0. The van der Waals surface area contributed by atoms with E-state index in [4.69, 9.17) is 13.3 Å². The molecule has 0 spiro atoms. The molecule has 10 heavy (non-hydrogen) atoms. The fraction of sp³-hybridized carbons (Fsp3) is 0.571. The first kappa shape index (κ1) is 2.66. The lowest BCUT2D eigenvalue weighted by molar-refractivity contribution is -0.143. The zero-order chi connectivity index (χ0) is 13.0. The molecule has 0 saturated heterocycles. The van der Waals surface area contributed by atoms with Crippen molar-refractivity contribution in [3.63, 3.8) is 0 Å². The van der Waals surface area contributed by atoms with Gasteiger partial charge < -0.3 is 10.2 Å². The number of hydrogen-bond donors (Lipinski definition) is 2. The highest BCUT2D eigenvalue weighted by Gasteiger charge is 2.24. The standard InChI is InChI=1S/C7H10O3/c8-6-4-2-1-3-5(6)7(9)10/h1,3,5-6,8H,2,4H2,(H,9,10)/i2D2,4D2,5D,6D. The minimum absolute atomic E-state index is 0.490. The molecule has 0 aliphatic heterocycles. The molecule has 0 aromatic heterocycles. The Labute approximate surface area is 67.4 Å². The fourth-order valence-electron chi connectivity index (χ4n) is 0.554. The van der Waals surface area contributed by atoms with E-state index in [1.54, 1.807) is 0 Å². The Hall–Kier alpha value is -0.830. The zero-order valence-electron chi connectivity index (χ0n) is 11.0. The van der Waals surface area contributed by atoms with Gasteiger partial charge in [-0.25, -0.2) is 0 Å². The molecule has 0 aromatic carbocycles. The Kier molecular flexibility index (Phi) is 0.754. The summed E-state index contributed by atoms with van der Waals surface area (Å²) in [6.07, 6.45) is -8.32. The predicted octanol–water partition coefficient (Wildman–Crippen LogP) is 0.398. The lowest BCUT2D eigenvalue weighted by Crippen LogP contribution is -2.28. The van der Waals surface area contributed by atoms with E-state index in [0.717, 1.165) is 0 Å². The van der Waals surface area contributed by atoms with E-state index in [9.17, 15) is 9.90 Å². The molecule has 1 aliphatic carbocycles. The highest BCUT2D eigenvalue weighted by Crippen LogP contribution is 2.17. The van der Waals surface area contributed by atoms with Crippen molar-refractivity contribution in [2.45, 2.75) is 18.8 Å². The van der Waals surface area contributed by atoms with Crippen LogP contribution < -0.4 is 0 Å². The van der Waals surface area contributed by atoms with Crippen molar-refractivity contribution in [1.82, 2.24) is 0 Å². The van der Waals surface area contributed by atoms with Crippen LogP contribution in [-0.4, -0.2) is 22.3 Å². The molecule has 0 heterocycles. The molecule has 0 saturated carbocycles. The Bertz CT molecular complexity index is 363. The van der Waals surface area contributed by atoms with Gasteiger partial charge >= 0.3 is 5.97 Å². The molecule has 1 aliphatic rings. The van der Waals surface area contributed by atoms with Gasteiger partial charge in [0.2, 0.25) is 0 Å². The molecule has 3 heteroatoms. The largest absolute Gasteiger partial charge is 0.481 e. The second kappa shape index (κ2) is 2.84. The maximum absolute atomic E-state index is 10.8. The van der Waals surface area contributed by atoms with Crippen LogP contribution in [0.5, 0.6) is 0 Å². The molecule has 2 unspecified atom stereocenters. The molecule has 2 N–H and O–H groups in total. The average Bonchev–Trinajstić information content (AvgIpc) is 2.11. The molecular formula is C7H10O3. The minimum atomic E-state index is -3.43. The summed E-state index contributed by atoms with van der Waals surface area (Å²) in [4.78, 5) is 10.8. The van der Waals surface area contributed by atoms with E-state index >= 15 is 0 Å². The highest BCUT2D eigenvalue weighted by molar-refractivity contribution is 5.73. The van der Waals surface area contributed by atoms with Gasteiger partial charge in [-0.05, 0) is 12.7 Å². The first-order valence-corrected chi connectivity index (χ1v) is 2.56. The Morgan fingerprint density at radius 1 is 1.90 bits per heavy atom. The van der Waals surface area contributed by atoms with Crippen molar-refractivity contribution in [3.05, 3.63) is 12.2 Å². The molecule has 0 fully saturated rings. The van der Waals surface area contributed by atoms with Crippen LogP contribution in [0.4, 0.5) is 0 Å². The lowest BCUT2D eigenvalue weighted by Gasteiger charge is -2.18. The SMILES string of the molecule is [2H]C1([2H])C=CC([2H])(C(=O)O)C([2H])(O)C1([2H])[2H]. The molecule has 56 valence electrons. The van der Waals surface area contributed by atoms with E-state index in [1.165, 1.54) is 0 Å². The number of carboxylic acid groups (broad SMARTS) is 1. The quantitative estimate of drug-likeness (QED) is 0.529. The van der Waals surface area contributed by atoms with E-state index < -0.39 is 30.7 Å². The topological polar surface area (TPSA) is 57.5 Å². The highest BCUT2D eigenvalue weighted by atomic mass is 16.4. The van der Waals surface area contributed by atoms with Crippen molar-refractivity contribution < 1.29 is 23.2 Å². The van der Waals surface area contributed by atoms with Crippen molar-refractivity contribution in [2.24, 2.45) is 5.89 Å². The minimum Gasteiger partial charge on any atom is -0.481 e. The Morgan fingerprint density at radius 3 is 3.20 bits per heavy atom. The second-order valence-corrected chi connectivity index (χ2v) is 1.67. The van der Waals surface area contributed by atoms with Gasteiger partial charge in [0, 0.05) is 6.85 Å². The molecular weight excluding hydrogens is 132 g/mol. The van der Waals surface area contributed by atoms with Gasteiger partial charge in [-0.1, -0.05) is 12.2 Å². The average molecular weight is 148 g/mol. The molecule has 3 nitrogen and oxygen atoms in total. The molecule has 1 rings (SSSR count). The summed E-state index contributed by atoms with van der Waals surface area (Å²) in [5.74, 6) is -4.86. The summed E-state index contributed by atoms with van der Waals surface area (Å²) in [5.41, 5.74) is 0. The summed E-state index contributed by atoms with van der Waals surface area (Å²) in [7, 11) is 0. The van der Waals surface area contributed by atoms with E-state index in [-0.39, 0.29) is 0 Å². The second-order valence-electron chi connectivity index (χ2n) is 1.67. The monoisotopic (exact) mass is 148 g/mol. The third-order valence-electron chi connectivity index (χ3n) is 1.01. The first-order chi connectivity index (χ1) is 6.90. The van der Waals surface area contributed by atoms with E-state index in [1.807, 2.05) is 0 Å². The van der Waals surface area contributed by atoms with E-state index in [0.29, 0.717) is 12.2 Å². The van der Waals surface area contributed by atoms with Gasteiger partial charge in [0.1, 0.15) is 5.89 Å². The van der Waals surface area contributed by atoms with Crippen molar-refractivity contribution >= 4 is 5.97 Å². The number of allylic oxidation sites excluding steroid dienone is 1. The van der Waals surface area contributed by atoms with Gasteiger partial charge in [0.15, 0.2) is 0 Å². The maximum Gasteiger partial charge on any atom is 0.312 e. The summed E-state index contributed by atoms with van der Waals surface area (Å²) in [6, 6.07) is 0. The Morgan fingerprint density at radius 2 is 2.60 bits per heavy atom. The number of carboxylic acids is 1. The maximum atomic E-state index is 10.8. The van der Waals surface area contributed by atoms with Crippen LogP contribution in [0, 0.1) is 5.89 Å². The molecule has 0 bridgehead atoms. The molecule has 0 aromatic rings. The van der Waals surface area contributed by atoms with Crippen LogP contribution in [0.1, 0.15) is 21.0 Å². The third-order valence-corrected chi connectivity index (χ3v) is 1.01. The first-order valence-electron chi connectivity index (χ1n) is 5.56. The smallest absolute Gasteiger partial charge is 0.312 e. The molecule has 0 radical (unpaired) electrons. The van der Waals surface area contributed by atoms with Crippen molar-refractivity contribution in [1.29, 1.82) is 0 Å². The number of hydrogen-bond acceptors (Lipinski definition) is 2. The molecule has 0 amide bonds. The van der Waals surface area contributed by atoms with Crippen LogP contribution in [0.15, 0.2) is 12.2 Å². The summed E-state index contributed by atoms with van der Waals surface area (Å²) in [5, 5.41) is 18.3.